The van der Waals surface area contributed by atoms with E-state index >= 15 is 4.79 Å². The quantitative estimate of drug-likeness (QED) is 0.178. The van der Waals surface area contributed by atoms with Crippen molar-refractivity contribution in [3.63, 3.8) is 0 Å². The van der Waals surface area contributed by atoms with Crippen LogP contribution in [0.25, 0.3) is 11.1 Å². The number of hydrogen-bond acceptors (Lipinski definition) is 3. The topological polar surface area (TPSA) is 54.5 Å². The molecule has 0 N–H and O–H groups in total. The van der Waals surface area contributed by atoms with Crippen LogP contribution < -0.4 is 4.90 Å². The predicted octanol–water partition coefficient (Wildman–Crippen LogP) is 8.55. The number of rotatable bonds is 5. The van der Waals surface area contributed by atoms with E-state index in [9.17, 15) is 22.8 Å². The summed E-state index contributed by atoms with van der Waals surface area (Å²) in [7, 11) is 0. The van der Waals surface area contributed by atoms with Crippen molar-refractivity contribution in [1.29, 1.82) is 0 Å². The maximum Gasteiger partial charge on any atom is 0.417 e. The molecule has 48 heavy (non-hydrogen) atoms. The van der Waals surface area contributed by atoms with Crippen LogP contribution in [0.3, 0.4) is 0 Å². The van der Waals surface area contributed by atoms with E-state index < -0.39 is 51.2 Å². The van der Waals surface area contributed by atoms with Crippen molar-refractivity contribution in [3.05, 3.63) is 172 Å². The Kier molecular flexibility index (Phi) is 6.66. The lowest BCUT2D eigenvalue weighted by molar-refractivity contribution is -0.137. The number of Topliss-reactive ketones (excluding diaryl/α,β-unsaturated/α-hetero) is 1. The van der Waals surface area contributed by atoms with Gasteiger partial charge in [0.25, 0.3) is 0 Å². The van der Waals surface area contributed by atoms with E-state index in [2.05, 4.69) is 0 Å². The first-order chi connectivity index (χ1) is 23.1. The summed E-state index contributed by atoms with van der Waals surface area (Å²) < 4.78 is 42.1. The van der Waals surface area contributed by atoms with E-state index in [1.54, 1.807) is 60.7 Å². The first-order valence-corrected chi connectivity index (χ1v) is 15.8. The van der Waals surface area contributed by atoms with Crippen LogP contribution in [0.5, 0.6) is 0 Å². The minimum Gasteiger partial charge on any atom is -0.297 e. The third kappa shape index (κ3) is 3.82. The molecule has 1 aliphatic heterocycles. The second kappa shape index (κ2) is 10.6. The van der Waals surface area contributed by atoms with Gasteiger partial charge in [-0.3, -0.25) is 14.4 Å². The van der Waals surface area contributed by atoms with Crippen LogP contribution >= 0.6 is 11.6 Å². The monoisotopic (exact) mass is 659 g/mol. The number of hydrogen-bond donors (Lipinski definition) is 0. The summed E-state index contributed by atoms with van der Waals surface area (Å²) in [6.45, 7) is 0. The van der Waals surface area contributed by atoms with Gasteiger partial charge < -0.3 is 0 Å². The molecular weight excluding hydrogens is 635 g/mol. The third-order valence-electron chi connectivity index (χ3n) is 10.1. The van der Waals surface area contributed by atoms with Crippen molar-refractivity contribution in [1.82, 2.24) is 0 Å². The molecule has 0 radical (unpaired) electrons. The molecule has 2 aliphatic carbocycles. The van der Waals surface area contributed by atoms with E-state index in [0.29, 0.717) is 33.4 Å². The number of nitrogens with zero attached hydrogens (tertiary/aromatic N) is 1. The summed E-state index contributed by atoms with van der Waals surface area (Å²) in [5.74, 6) is -4.30. The molecule has 5 aromatic rings. The number of imide groups is 1. The van der Waals surface area contributed by atoms with Crippen LogP contribution in [0.4, 0.5) is 18.9 Å². The van der Waals surface area contributed by atoms with E-state index in [0.717, 1.165) is 17.0 Å². The number of halogens is 4. The van der Waals surface area contributed by atoms with Gasteiger partial charge in [-0.1, -0.05) is 133 Å². The molecule has 1 heterocycles. The standard InChI is InChI=1S/C40H25ClF3NO3/c41-30-22-21-28(23-29(30)40(42,43)44)45-35(46)33-34(36(45)47)39(27-19-11-4-12-20-27)32(25-15-7-2-8-16-25)31(24-13-5-1-6-14-24)38(33,37(39)48)26-17-9-3-10-18-26/h1-23,33-34H/t33-,34-,38-,39-/m1/s1. The molecule has 1 saturated carbocycles. The van der Waals surface area contributed by atoms with E-state index in [1.165, 1.54) is 6.07 Å². The van der Waals surface area contributed by atoms with Crippen LogP contribution in [-0.2, 0) is 31.4 Å². The van der Waals surface area contributed by atoms with Gasteiger partial charge in [-0.2, -0.15) is 13.2 Å². The number of allylic oxidation sites excluding steroid dienone is 2. The highest BCUT2D eigenvalue weighted by Crippen LogP contribution is 2.74. The first-order valence-electron chi connectivity index (χ1n) is 15.4. The molecular formula is C40H25ClF3NO3. The molecule has 4 nitrogen and oxygen atoms in total. The molecule has 2 bridgehead atoms. The molecule has 2 amide bonds. The van der Waals surface area contributed by atoms with Gasteiger partial charge in [0, 0.05) is 0 Å². The van der Waals surface area contributed by atoms with Gasteiger partial charge in [0.15, 0.2) is 5.78 Å². The lowest BCUT2D eigenvalue weighted by Crippen LogP contribution is -2.45. The maximum atomic E-state index is 15.8. The molecule has 2 fully saturated rings. The largest absolute Gasteiger partial charge is 0.417 e. The van der Waals surface area contributed by atoms with Crippen LogP contribution in [-0.4, -0.2) is 17.6 Å². The Labute approximate surface area is 279 Å². The number of anilines is 1. The van der Waals surface area contributed by atoms with Crippen molar-refractivity contribution in [3.8, 4) is 0 Å². The molecule has 8 rings (SSSR count). The van der Waals surface area contributed by atoms with Gasteiger partial charge in [0.1, 0.15) is 0 Å². The Morgan fingerprint density at radius 2 is 0.958 bits per heavy atom. The molecule has 0 spiro atoms. The SMILES string of the molecule is O=C1[C@H]2[C@H](C(=O)N1c1ccc(Cl)c(C(F)(F)F)c1)[C@]1(c3ccccc3)C(=O)[C@]2(c2ccccc2)C(c2ccccc2)=C1c1ccccc1. The number of carbonyl (C=O) groups is 3. The fraction of sp³-hybridized carbons (Fsp3) is 0.125. The zero-order chi connectivity index (χ0) is 33.4. The van der Waals surface area contributed by atoms with Crippen LogP contribution in [0.2, 0.25) is 5.02 Å². The highest BCUT2D eigenvalue weighted by molar-refractivity contribution is 6.39. The number of alkyl halides is 3. The van der Waals surface area contributed by atoms with Gasteiger partial charge in [-0.05, 0) is 51.6 Å². The second-order valence-electron chi connectivity index (χ2n) is 12.3. The van der Waals surface area contributed by atoms with Crippen LogP contribution in [0, 0.1) is 11.8 Å². The number of carbonyl (C=O) groups excluding carboxylic acids is 3. The zero-order valence-corrected chi connectivity index (χ0v) is 25.9. The summed E-state index contributed by atoms with van der Waals surface area (Å²) in [6, 6.07) is 39.6. The normalized spacial score (nSPS) is 24.8. The smallest absolute Gasteiger partial charge is 0.297 e. The average molecular weight is 660 g/mol. The highest BCUT2D eigenvalue weighted by atomic mass is 35.5. The highest BCUT2D eigenvalue weighted by Gasteiger charge is 2.82. The van der Waals surface area contributed by atoms with Gasteiger partial charge in [0.2, 0.25) is 11.8 Å². The Morgan fingerprint density at radius 3 is 1.35 bits per heavy atom. The number of benzene rings is 5. The number of fused-ring (bicyclic) bond motifs is 5. The Balaban J connectivity index is 1.52. The summed E-state index contributed by atoms with van der Waals surface area (Å²) in [6.07, 6.45) is -4.83. The molecule has 4 atom stereocenters. The van der Waals surface area contributed by atoms with Crippen LogP contribution in [0.1, 0.15) is 27.8 Å². The van der Waals surface area contributed by atoms with E-state index in [1.807, 2.05) is 60.7 Å². The second-order valence-corrected chi connectivity index (χ2v) is 12.7. The minimum absolute atomic E-state index is 0.253. The van der Waals surface area contributed by atoms with Gasteiger partial charge in [-0.15, -0.1) is 0 Å². The fourth-order valence-electron chi connectivity index (χ4n) is 8.46. The van der Waals surface area contributed by atoms with Crippen molar-refractivity contribution < 1.29 is 27.6 Å². The van der Waals surface area contributed by atoms with Crippen molar-refractivity contribution in [2.24, 2.45) is 11.8 Å². The molecule has 0 unspecified atom stereocenters. The molecule has 236 valence electrons. The summed E-state index contributed by atoms with van der Waals surface area (Å²) in [5, 5.41) is -0.554. The molecule has 0 aromatic heterocycles. The summed E-state index contributed by atoms with van der Waals surface area (Å²) in [4.78, 5) is 46.6. The third-order valence-corrected chi connectivity index (χ3v) is 10.4. The molecule has 5 aromatic carbocycles. The number of ketones is 1. The van der Waals surface area contributed by atoms with Gasteiger partial charge in [-0.25, -0.2) is 4.90 Å². The minimum atomic E-state index is -4.83. The Bertz CT molecular complexity index is 2030. The summed E-state index contributed by atoms with van der Waals surface area (Å²) >= 11 is 5.95. The van der Waals surface area contributed by atoms with Crippen molar-refractivity contribution in [2.45, 2.75) is 17.0 Å². The molecule has 1 saturated heterocycles. The van der Waals surface area contributed by atoms with E-state index in [-0.39, 0.29) is 11.5 Å². The summed E-state index contributed by atoms with van der Waals surface area (Å²) in [5.41, 5.74) is -1.06. The number of amides is 2. The van der Waals surface area contributed by atoms with Crippen LogP contribution in [0.15, 0.2) is 140 Å². The Hall–Kier alpha value is -5.27. The van der Waals surface area contributed by atoms with Crippen molar-refractivity contribution >= 4 is 46.0 Å². The first kappa shape index (κ1) is 30.1. The predicted molar refractivity (Wildman–Crippen MR) is 177 cm³/mol. The maximum absolute atomic E-state index is 15.8. The molecule has 3 aliphatic rings. The fourth-order valence-corrected chi connectivity index (χ4v) is 8.68. The molecule has 8 heteroatoms. The average Bonchev–Trinajstić information content (AvgIpc) is 3.61. The van der Waals surface area contributed by atoms with Gasteiger partial charge >= 0.3 is 6.18 Å². The zero-order valence-electron chi connectivity index (χ0n) is 25.1. The lowest BCUT2D eigenvalue weighted by atomic mass is 9.59. The lowest BCUT2D eigenvalue weighted by Gasteiger charge is -2.39. The van der Waals surface area contributed by atoms with Gasteiger partial charge in [0.05, 0.1) is 38.9 Å². The Morgan fingerprint density at radius 1 is 0.562 bits per heavy atom. The van der Waals surface area contributed by atoms with E-state index in [4.69, 9.17) is 11.6 Å². The van der Waals surface area contributed by atoms with Crippen molar-refractivity contribution in [2.75, 3.05) is 4.90 Å².